The van der Waals surface area contributed by atoms with Crippen molar-refractivity contribution in [3.05, 3.63) is 34.2 Å². The number of anilines is 1. The fraction of sp³-hybridized carbons (Fsp3) is 0.571. The fourth-order valence-electron chi connectivity index (χ4n) is 2.59. The van der Waals surface area contributed by atoms with E-state index in [-0.39, 0.29) is 10.6 Å². The predicted octanol–water partition coefficient (Wildman–Crippen LogP) is 1.83. The monoisotopic (exact) mass is 296 g/mol. The van der Waals surface area contributed by atoms with E-state index in [0.717, 1.165) is 19.5 Å². The van der Waals surface area contributed by atoms with Gasteiger partial charge in [0.05, 0.1) is 18.4 Å². The molecular formula is C14H21ClN4O. The number of hydrogen-bond donors (Lipinski definition) is 1. The van der Waals surface area contributed by atoms with Gasteiger partial charge in [0.2, 0.25) is 0 Å². The summed E-state index contributed by atoms with van der Waals surface area (Å²) in [5.74, 6) is 0.500. The first kappa shape index (κ1) is 15.1. The lowest BCUT2D eigenvalue weighted by molar-refractivity contribution is 0.206. The lowest BCUT2D eigenvalue weighted by Gasteiger charge is -2.35. The SMILES string of the molecule is C=CCn1ncc(NC2CCN(C)CC2C)c(Cl)c1=O. The molecule has 2 heterocycles. The minimum absolute atomic E-state index is 0.202. The van der Waals surface area contributed by atoms with Crippen LogP contribution in [0.3, 0.4) is 0 Å². The van der Waals surface area contributed by atoms with Crippen molar-refractivity contribution in [2.45, 2.75) is 25.9 Å². The topological polar surface area (TPSA) is 50.2 Å². The third-order valence-electron chi connectivity index (χ3n) is 3.74. The minimum Gasteiger partial charge on any atom is -0.379 e. The lowest BCUT2D eigenvalue weighted by atomic mass is 9.94. The molecule has 0 saturated carbocycles. The van der Waals surface area contributed by atoms with Gasteiger partial charge in [-0.15, -0.1) is 6.58 Å². The number of piperidine rings is 1. The molecule has 0 radical (unpaired) electrons. The van der Waals surface area contributed by atoms with Crippen molar-refractivity contribution >= 4 is 17.3 Å². The van der Waals surface area contributed by atoms with Crippen molar-refractivity contribution < 1.29 is 0 Å². The standard InChI is InChI=1S/C14H21ClN4O/c1-4-6-19-14(20)13(15)12(8-16-19)17-11-5-7-18(3)9-10(11)2/h4,8,10-11,17H,1,5-7,9H2,2-3H3. The third kappa shape index (κ3) is 3.22. The Morgan fingerprint density at radius 1 is 1.65 bits per heavy atom. The fourth-order valence-corrected chi connectivity index (χ4v) is 2.79. The van der Waals surface area contributed by atoms with Gasteiger partial charge < -0.3 is 10.2 Å². The molecule has 20 heavy (non-hydrogen) atoms. The van der Waals surface area contributed by atoms with Crippen LogP contribution in [-0.2, 0) is 6.54 Å². The molecule has 2 rings (SSSR count). The molecule has 1 N–H and O–H groups in total. The van der Waals surface area contributed by atoms with Gasteiger partial charge >= 0.3 is 0 Å². The molecule has 1 aromatic rings. The summed E-state index contributed by atoms with van der Waals surface area (Å²) in [7, 11) is 2.12. The summed E-state index contributed by atoms with van der Waals surface area (Å²) in [6.07, 6.45) is 4.28. The molecule has 1 aromatic heterocycles. The predicted molar refractivity (Wildman–Crippen MR) is 82.4 cm³/mol. The Morgan fingerprint density at radius 2 is 2.40 bits per heavy atom. The van der Waals surface area contributed by atoms with Crippen molar-refractivity contribution in [2.24, 2.45) is 5.92 Å². The summed E-state index contributed by atoms with van der Waals surface area (Å²) >= 11 is 6.15. The van der Waals surface area contributed by atoms with Crippen LogP contribution in [0.1, 0.15) is 13.3 Å². The highest BCUT2D eigenvalue weighted by molar-refractivity contribution is 6.32. The maximum absolute atomic E-state index is 12.0. The highest BCUT2D eigenvalue weighted by Gasteiger charge is 2.25. The molecular weight excluding hydrogens is 276 g/mol. The van der Waals surface area contributed by atoms with Gasteiger partial charge in [-0.3, -0.25) is 4.79 Å². The molecule has 0 spiro atoms. The van der Waals surface area contributed by atoms with E-state index in [4.69, 9.17) is 11.6 Å². The van der Waals surface area contributed by atoms with Crippen molar-refractivity contribution in [2.75, 3.05) is 25.5 Å². The zero-order valence-electron chi connectivity index (χ0n) is 12.0. The van der Waals surface area contributed by atoms with Crippen LogP contribution < -0.4 is 10.9 Å². The maximum Gasteiger partial charge on any atom is 0.287 e. The number of rotatable bonds is 4. The number of hydrogen-bond acceptors (Lipinski definition) is 4. The first-order chi connectivity index (χ1) is 9.52. The summed E-state index contributed by atoms with van der Waals surface area (Å²) in [6, 6.07) is 0.320. The van der Waals surface area contributed by atoms with E-state index < -0.39 is 0 Å². The van der Waals surface area contributed by atoms with Gasteiger partial charge in [0.15, 0.2) is 0 Å². The van der Waals surface area contributed by atoms with E-state index in [0.29, 0.717) is 24.2 Å². The Balaban J connectivity index is 2.16. The van der Waals surface area contributed by atoms with Gasteiger partial charge in [-0.25, -0.2) is 4.68 Å². The molecule has 5 nitrogen and oxygen atoms in total. The highest BCUT2D eigenvalue weighted by atomic mass is 35.5. The molecule has 110 valence electrons. The molecule has 0 amide bonds. The van der Waals surface area contributed by atoms with Crippen LogP contribution in [-0.4, -0.2) is 40.9 Å². The third-order valence-corrected chi connectivity index (χ3v) is 4.10. The van der Waals surface area contributed by atoms with Crippen molar-refractivity contribution in [1.29, 1.82) is 0 Å². The van der Waals surface area contributed by atoms with Crippen LogP contribution in [0.15, 0.2) is 23.6 Å². The second kappa shape index (κ2) is 6.41. The maximum atomic E-state index is 12.0. The molecule has 1 aliphatic heterocycles. The van der Waals surface area contributed by atoms with Gasteiger partial charge in [0.1, 0.15) is 5.02 Å². The summed E-state index contributed by atoms with van der Waals surface area (Å²) in [4.78, 5) is 14.3. The summed E-state index contributed by atoms with van der Waals surface area (Å²) in [6.45, 7) is 8.24. The molecule has 6 heteroatoms. The van der Waals surface area contributed by atoms with Gasteiger partial charge in [-0.05, 0) is 25.9 Å². The molecule has 1 aliphatic rings. The molecule has 0 aliphatic carbocycles. The van der Waals surface area contributed by atoms with E-state index in [1.54, 1.807) is 12.3 Å². The second-order valence-electron chi connectivity index (χ2n) is 5.43. The number of likely N-dealkylation sites (tertiary alicyclic amines) is 1. The van der Waals surface area contributed by atoms with E-state index in [1.807, 2.05) is 0 Å². The van der Waals surface area contributed by atoms with Crippen molar-refractivity contribution in [3.8, 4) is 0 Å². The molecule has 1 fully saturated rings. The minimum atomic E-state index is -0.280. The molecule has 0 bridgehead atoms. The van der Waals surface area contributed by atoms with Gasteiger partial charge in [-0.2, -0.15) is 5.10 Å². The van der Waals surface area contributed by atoms with E-state index in [1.165, 1.54) is 4.68 Å². The van der Waals surface area contributed by atoms with E-state index in [2.05, 4.69) is 35.9 Å². The van der Waals surface area contributed by atoms with Crippen LogP contribution >= 0.6 is 11.6 Å². The van der Waals surface area contributed by atoms with Crippen LogP contribution in [0, 0.1) is 5.92 Å². The Labute approximate surface area is 124 Å². The number of halogens is 1. The zero-order valence-corrected chi connectivity index (χ0v) is 12.7. The molecule has 0 aromatic carbocycles. The Hall–Kier alpha value is -1.33. The molecule has 1 saturated heterocycles. The smallest absolute Gasteiger partial charge is 0.287 e. The summed E-state index contributed by atoms with van der Waals surface area (Å²) in [5, 5.41) is 7.68. The number of allylic oxidation sites excluding steroid dienone is 1. The first-order valence-corrected chi connectivity index (χ1v) is 7.22. The average Bonchev–Trinajstić information content (AvgIpc) is 2.41. The number of nitrogens with zero attached hydrogens (tertiary/aromatic N) is 3. The Bertz CT molecular complexity index is 542. The summed E-state index contributed by atoms with van der Waals surface area (Å²) in [5.41, 5.74) is 0.343. The van der Waals surface area contributed by atoms with Gasteiger partial charge in [-0.1, -0.05) is 24.6 Å². The Morgan fingerprint density at radius 3 is 3.05 bits per heavy atom. The largest absolute Gasteiger partial charge is 0.379 e. The molecule has 2 atom stereocenters. The van der Waals surface area contributed by atoms with Crippen LogP contribution in [0.5, 0.6) is 0 Å². The lowest BCUT2D eigenvalue weighted by Crippen LogP contribution is -2.43. The van der Waals surface area contributed by atoms with E-state index >= 15 is 0 Å². The van der Waals surface area contributed by atoms with Gasteiger partial charge in [0, 0.05) is 12.6 Å². The number of aromatic nitrogens is 2. The van der Waals surface area contributed by atoms with Gasteiger partial charge in [0.25, 0.3) is 5.56 Å². The van der Waals surface area contributed by atoms with E-state index in [9.17, 15) is 4.79 Å². The zero-order chi connectivity index (χ0) is 14.7. The quantitative estimate of drug-likeness (QED) is 0.861. The van der Waals surface area contributed by atoms with Crippen molar-refractivity contribution in [3.63, 3.8) is 0 Å². The highest BCUT2D eigenvalue weighted by Crippen LogP contribution is 2.23. The second-order valence-corrected chi connectivity index (χ2v) is 5.81. The van der Waals surface area contributed by atoms with Crippen LogP contribution in [0.25, 0.3) is 0 Å². The Kier molecular flexibility index (Phi) is 4.83. The first-order valence-electron chi connectivity index (χ1n) is 6.84. The average molecular weight is 297 g/mol. The van der Waals surface area contributed by atoms with Crippen LogP contribution in [0.4, 0.5) is 5.69 Å². The van der Waals surface area contributed by atoms with Crippen LogP contribution in [0.2, 0.25) is 5.02 Å². The number of nitrogens with one attached hydrogen (secondary N) is 1. The van der Waals surface area contributed by atoms with Crippen molar-refractivity contribution in [1.82, 2.24) is 14.7 Å². The summed E-state index contributed by atoms with van der Waals surface area (Å²) < 4.78 is 1.30. The molecule has 2 unspecified atom stereocenters. The normalized spacial score (nSPS) is 23.6.